The van der Waals surface area contributed by atoms with Gasteiger partial charge < -0.3 is 14.8 Å². The molecule has 0 aromatic rings. The van der Waals surface area contributed by atoms with E-state index < -0.39 is 11.6 Å². The van der Waals surface area contributed by atoms with Crippen LogP contribution in [0.3, 0.4) is 0 Å². The molecule has 0 saturated heterocycles. The van der Waals surface area contributed by atoms with Crippen molar-refractivity contribution in [2.45, 2.75) is 12.5 Å². The Morgan fingerprint density at radius 1 is 1.62 bits per heavy atom. The van der Waals surface area contributed by atoms with Crippen LogP contribution in [0.2, 0.25) is 0 Å². The Labute approximate surface area is 77.4 Å². The molecule has 0 saturated carbocycles. The van der Waals surface area contributed by atoms with E-state index in [0.717, 1.165) is 0 Å². The van der Waals surface area contributed by atoms with Crippen molar-refractivity contribution in [1.82, 2.24) is 5.32 Å². The summed E-state index contributed by atoms with van der Waals surface area (Å²) in [7, 11) is 3.06. The lowest BCUT2D eigenvalue weighted by Crippen LogP contribution is -2.43. The fraction of sp³-hybridized carbons (Fsp3) is 0.750. The maximum absolute atomic E-state index is 11.0. The van der Waals surface area contributed by atoms with Crippen LogP contribution in [0.25, 0.3) is 0 Å². The summed E-state index contributed by atoms with van der Waals surface area (Å²) in [6.45, 7) is 1.67. The number of hydrogen-bond acceptors (Lipinski definition) is 5. The van der Waals surface area contributed by atoms with Gasteiger partial charge in [-0.1, -0.05) is 0 Å². The number of likely N-dealkylation sites (N-methyl/N-ethyl adjacent to an activating group) is 1. The van der Waals surface area contributed by atoms with Gasteiger partial charge in [0, 0.05) is 13.7 Å². The lowest BCUT2D eigenvalue weighted by Gasteiger charge is -2.22. The summed E-state index contributed by atoms with van der Waals surface area (Å²) in [4.78, 5) is 21.6. The molecule has 0 amide bonds. The van der Waals surface area contributed by atoms with Crippen LogP contribution in [0.15, 0.2) is 0 Å². The molecular formula is C8H15NO4. The molecule has 1 atom stereocenters. The normalized spacial score (nSPS) is 14.7. The Hall–Kier alpha value is -0.940. The third-order valence-electron chi connectivity index (χ3n) is 1.39. The number of carbonyl (C=O) groups is 2. The van der Waals surface area contributed by atoms with Crippen LogP contribution in [-0.4, -0.2) is 45.2 Å². The minimum absolute atomic E-state index is 0.146. The fourth-order valence-corrected chi connectivity index (χ4v) is 0.860. The van der Waals surface area contributed by atoms with Gasteiger partial charge in [0.1, 0.15) is 6.61 Å². The molecule has 0 aliphatic heterocycles. The van der Waals surface area contributed by atoms with Crippen molar-refractivity contribution >= 4 is 12.3 Å². The van der Waals surface area contributed by atoms with E-state index in [-0.39, 0.29) is 13.2 Å². The van der Waals surface area contributed by atoms with Crippen molar-refractivity contribution in [2.24, 2.45) is 0 Å². The van der Waals surface area contributed by atoms with Gasteiger partial charge in [-0.2, -0.15) is 0 Å². The second kappa shape index (κ2) is 5.66. The molecule has 76 valence electrons. The average molecular weight is 189 g/mol. The van der Waals surface area contributed by atoms with Crippen LogP contribution in [0.4, 0.5) is 0 Å². The molecule has 0 aliphatic rings. The molecule has 0 radical (unpaired) electrons. The second-order valence-corrected chi connectivity index (χ2v) is 2.87. The Bertz CT molecular complexity index is 183. The monoisotopic (exact) mass is 189 g/mol. The Morgan fingerprint density at radius 3 is 2.62 bits per heavy atom. The molecule has 0 fully saturated rings. The summed E-state index contributed by atoms with van der Waals surface area (Å²) >= 11 is 0. The first-order valence-electron chi connectivity index (χ1n) is 3.89. The van der Waals surface area contributed by atoms with E-state index in [2.05, 4.69) is 10.1 Å². The van der Waals surface area contributed by atoms with Gasteiger partial charge in [-0.25, -0.2) is 4.79 Å². The molecule has 0 heterocycles. The second-order valence-electron chi connectivity index (χ2n) is 2.87. The quantitative estimate of drug-likeness (QED) is 0.444. The van der Waals surface area contributed by atoms with E-state index in [1.165, 1.54) is 14.0 Å². The Kier molecular flexibility index (Phi) is 5.25. The van der Waals surface area contributed by atoms with Gasteiger partial charge in [-0.15, -0.1) is 0 Å². The van der Waals surface area contributed by atoms with Crippen LogP contribution in [0.5, 0.6) is 0 Å². The minimum atomic E-state index is -1.11. The standard InChI is InChI=1S/C8H15NO4/c1-8(6-10,5-9-2)13-7(11)4-12-3/h6,9H,4-5H2,1-3H3. The van der Waals surface area contributed by atoms with Gasteiger partial charge in [0.2, 0.25) is 0 Å². The number of nitrogens with one attached hydrogen (secondary N) is 1. The first kappa shape index (κ1) is 12.1. The molecule has 1 unspecified atom stereocenters. The molecule has 0 aliphatic carbocycles. The number of rotatable bonds is 6. The van der Waals surface area contributed by atoms with Crippen molar-refractivity contribution in [3.8, 4) is 0 Å². The maximum Gasteiger partial charge on any atom is 0.333 e. The molecule has 0 bridgehead atoms. The molecule has 13 heavy (non-hydrogen) atoms. The number of esters is 1. The molecular weight excluding hydrogens is 174 g/mol. The number of ether oxygens (including phenoxy) is 2. The van der Waals surface area contributed by atoms with Crippen LogP contribution < -0.4 is 5.32 Å². The van der Waals surface area contributed by atoms with Crippen LogP contribution in [-0.2, 0) is 19.1 Å². The molecule has 5 nitrogen and oxygen atoms in total. The molecule has 0 aromatic heterocycles. The topological polar surface area (TPSA) is 64.6 Å². The van der Waals surface area contributed by atoms with Crippen molar-refractivity contribution < 1.29 is 19.1 Å². The predicted octanol–water partition coefficient (Wildman–Crippen LogP) is -0.647. The number of carbonyl (C=O) groups excluding carboxylic acids is 2. The maximum atomic E-state index is 11.0. The van der Waals surface area contributed by atoms with Gasteiger partial charge in [0.25, 0.3) is 0 Å². The van der Waals surface area contributed by atoms with Crippen molar-refractivity contribution in [2.75, 3.05) is 27.3 Å². The summed E-state index contributed by atoms with van der Waals surface area (Å²) in [5, 5.41) is 2.76. The van der Waals surface area contributed by atoms with Crippen molar-refractivity contribution in [3.63, 3.8) is 0 Å². The predicted molar refractivity (Wildman–Crippen MR) is 46.4 cm³/mol. The summed E-state index contributed by atoms with van der Waals surface area (Å²) in [5.41, 5.74) is -1.11. The Morgan fingerprint density at radius 2 is 2.23 bits per heavy atom. The van der Waals surface area contributed by atoms with Gasteiger partial charge in [0.15, 0.2) is 11.9 Å². The van der Waals surface area contributed by atoms with E-state index in [9.17, 15) is 9.59 Å². The van der Waals surface area contributed by atoms with Crippen LogP contribution in [0, 0.1) is 0 Å². The largest absolute Gasteiger partial charge is 0.449 e. The lowest BCUT2D eigenvalue weighted by molar-refractivity contribution is -0.164. The molecule has 0 spiro atoms. The summed E-state index contributed by atoms with van der Waals surface area (Å²) in [5.74, 6) is -0.549. The lowest BCUT2D eigenvalue weighted by atomic mass is 10.1. The number of hydrogen-bond donors (Lipinski definition) is 1. The van der Waals surface area contributed by atoms with E-state index >= 15 is 0 Å². The zero-order chi connectivity index (χ0) is 10.3. The highest BCUT2D eigenvalue weighted by atomic mass is 16.6. The van der Waals surface area contributed by atoms with Crippen LogP contribution in [0.1, 0.15) is 6.92 Å². The highest BCUT2D eigenvalue weighted by molar-refractivity contribution is 5.75. The summed E-state index contributed by atoms with van der Waals surface area (Å²) in [6.07, 6.45) is 0.594. The highest BCUT2D eigenvalue weighted by Crippen LogP contribution is 2.05. The molecule has 0 rings (SSSR count). The fourth-order valence-electron chi connectivity index (χ4n) is 0.860. The average Bonchev–Trinajstić information content (AvgIpc) is 2.05. The summed E-state index contributed by atoms with van der Waals surface area (Å²) < 4.78 is 9.43. The van der Waals surface area contributed by atoms with E-state index in [0.29, 0.717) is 6.29 Å². The number of methoxy groups -OCH3 is 1. The van der Waals surface area contributed by atoms with Gasteiger partial charge in [-0.05, 0) is 14.0 Å². The zero-order valence-corrected chi connectivity index (χ0v) is 8.12. The van der Waals surface area contributed by atoms with E-state index in [4.69, 9.17) is 4.74 Å². The van der Waals surface area contributed by atoms with Crippen LogP contribution >= 0.6 is 0 Å². The zero-order valence-electron chi connectivity index (χ0n) is 8.12. The van der Waals surface area contributed by atoms with E-state index in [1.54, 1.807) is 7.05 Å². The van der Waals surface area contributed by atoms with Crippen molar-refractivity contribution in [3.05, 3.63) is 0 Å². The molecule has 0 aromatic carbocycles. The first-order valence-corrected chi connectivity index (χ1v) is 3.89. The highest BCUT2D eigenvalue weighted by Gasteiger charge is 2.27. The number of aldehydes is 1. The SMILES string of the molecule is CNCC(C)(C=O)OC(=O)COC. The van der Waals surface area contributed by atoms with Crippen molar-refractivity contribution in [1.29, 1.82) is 0 Å². The smallest absolute Gasteiger partial charge is 0.333 e. The molecule has 5 heteroatoms. The Balaban J connectivity index is 4.09. The molecule has 1 N–H and O–H groups in total. The van der Waals surface area contributed by atoms with Gasteiger partial charge in [-0.3, -0.25) is 4.79 Å². The summed E-state index contributed by atoms with van der Waals surface area (Å²) in [6, 6.07) is 0. The minimum Gasteiger partial charge on any atom is -0.449 e. The first-order chi connectivity index (χ1) is 6.08. The van der Waals surface area contributed by atoms with Gasteiger partial charge in [0.05, 0.1) is 0 Å². The van der Waals surface area contributed by atoms with E-state index in [1.807, 2.05) is 0 Å². The third-order valence-corrected chi connectivity index (χ3v) is 1.39. The van der Waals surface area contributed by atoms with Gasteiger partial charge >= 0.3 is 5.97 Å². The third kappa shape index (κ3) is 4.59.